The second-order valence-electron chi connectivity index (χ2n) is 9.49. The van der Waals surface area contributed by atoms with Gasteiger partial charge in [-0.05, 0) is 71.0 Å². The summed E-state index contributed by atoms with van der Waals surface area (Å²) in [5.74, 6) is 0.276. The Balaban J connectivity index is 1.67. The van der Waals surface area contributed by atoms with Crippen LogP contribution in [0.3, 0.4) is 0 Å². The molecule has 8 nitrogen and oxygen atoms in total. The fourth-order valence-corrected chi connectivity index (χ4v) is 4.54. The average molecular weight is 475 g/mol. The Bertz CT molecular complexity index is 1230. The molecule has 1 fully saturated rings. The van der Waals surface area contributed by atoms with Crippen LogP contribution in [-0.4, -0.2) is 69.9 Å². The molecule has 1 unspecified atom stereocenters. The monoisotopic (exact) mass is 474 g/mol. The van der Waals surface area contributed by atoms with Gasteiger partial charge in [-0.2, -0.15) is 0 Å². The minimum atomic E-state index is -0.250. The number of imidazole rings is 1. The molecule has 3 heterocycles. The molecule has 1 aromatic carbocycles. The van der Waals surface area contributed by atoms with Gasteiger partial charge in [0.05, 0.1) is 22.6 Å². The maximum Gasteiger partial charge on any atom is 0.259 e. The molecule has 3 aromatic rings. The third-order valence-corrected chi connectivity index (χ3v) is 6.37. The van der Waals surface area contributed by atoms with Crippen molar-refractivity contribution < 1.29 is 9.59 Å². The third kappa shape index (κ3) is 5.77. The molecule has 1 N–H and O–H groups in total. The number of aryl methyl sites for hydroxylation is 2. The van der Waals surface area contributed by atoms with Crippen LogP contribution in [0.1, 0.15) is 46.9 Å². The van der Waals surface area contributed by atoms with E-state index in [-0.39, 0.29) is 17.9 Å². The van der Waals surface area contributed by atoms with E-state index < -0.39 is 0 Å². The fourth-order valence-electron chi connectivity index (χ4n) is 4.54. The Labute approximate surface area is 206 Å². The molecule has 1 saturated heterocycles. The van der Waals surface area contributed by atoms with E-state index >= 15 is 0 Å². The van der Waals surface area contributed by atoms with Crippen LogP contribution in [0.4, 0.5) is 5.95 Å². The fraction of sp³-hybridized carbons (Fsp3) is 0.407. The lowest BCUT2D eigenvalue weighted by atomic mass is 10.1. The van der Waals surface area contributed by atoms with E-state index in [9.17, 15) is 9.59 Å². The van der Waals surface area contributed by atoms with Gasteiger partial charge in [-0.3, -0.25) is 19.9 Å². The van der Waals surface area contributed by atoms with Crippen LogP contribution in [0.2, 0.25) is 0 Å². The first-order chi connectivity index (χ1) is 16.8. The molecular weight excluding hydrogens is 440 g/mol. The third-order valence-electron chi connectivity index (χ3n) is 6.37. The molecule has 0 radical (unpaired) electrons. The number of nitrogens with one attached hydrogen (secondary N) is 1. The quantitative estimate of drug-likeness (QED) is 0.547. The van der Waals surface area contributed by atoms with Gasteiger partial charge in [-0.1, -0.05) is 18.2 Å². The summed E-state index contributed by atoms with van der Waals surface area (Å²) in [5.41, 5.74) is 4.24. The molecule has 0 bridgehead atoms. The summed E-state index contributed by atoms with van der Waals surface area (Å²) in [6.07, 6.45) is 8.00. The smallest absolute Gasteiger partial charge is 0.259 e. The first-order valence-corrected chi connectivity index (χ1v) is 12.1. The summed E-state index contributed by atoms with van der Waals surface area (Å²) in [4.78, 5) is 39.0. The maximum absolute atomic E-state index is 13.1. The van der Waals surface area contributed by atoms with E-state index in [1.807, 2.05) is 55.1 Å². The summed E-state index contributed by atoms with van der Waals surface area (Å²) < 4.78 is 2.12. The molecule has 0 spiro atoms. The molecule has 0 aliphatic carbocycles. The lowest BCUT2D eigenvalue weighted by molar-refractivity contribution is -0.126. The zero-order chi connectivity index (χ0) is 24.9. The number of nitrogens with zero attached hydrogens (tertiary/aromatic N) is 5. The van der Waals surface area contributed by atoms with Gasteiger partial charge < -0.3 is 14.4 Å². The Morgan fingerprint density at radius 3 is 2.74 bits per heavy atom. The van der Waals surface area contributed by atoms with Crippen molar-refractivity contribution in [2.45, 2.75) is 39.2 Å². The van der Waals surface area contributed by atoms with Crippen molar-refractivity contribution in [1.29, 1.82) is 0 Å². The van der Waals surface area contributed by atoms with Crippen molar-refractivity contribution in [3.63, 3.8) is 0 Å². The number of rotatable bonds is 6. The Kier molecular flexibility index (Phi) is 7.60. The largest absolute Gasteiger partial charge is 0.337 e. The van der Waals surface area contributed by atoms with Crippen LogP contribution in [0.5, 0.6) is 0 Å². The summed E-state index contributed by atoms with van der Waals surface area (Å²) in [6.45, 7) is 5.96. The molecule has 2 amide bonds. The molecule has 1 aliphatic rings. The Morgan fingerprint density at radius 2 is 2.00 bits per heavy atom. The normalized spacial score (nSPS) is 16.7. The second-order valence-corrected chi connectivity index (χ2v) is 9.49. The highest BCUT2D eigenvalue weighted by Crippen LogP contribution is 2.32. The van der Waals surface area contributed by atoms with Crippen LogP contribution in [0.15, 0.2) is 48.7 Å². The number of likely N-dealkylation sites (tertiary alicyclic amines) is 1. The molecule has 1 atom stereocenters. The Hall–Kier alpha value is -3.52. The Morgan fingerprint density at radius 1 is 1.17 bits per heavy atom. The number of carbonyl (C=O) groups excluding carboxylic acids is 2. The number of fused-ring (bicyclic) bond motifs is 1. The molecule has 8 heteroatoms. The number of anilines is 1. The number of aromatic nitrogens is 3. The van der Waals surface area contributed by atoms with Crippen LogP contribution < -0.4 is 5.32 Å². The molecule has 2 aromatic heterocycles. The highest BCUT2D eigenvalue weighted by atomic mass is 16.2. The molecular formula is C27H34N6O2. The molecule has 0 saturated carbocycles. The predicted molar refractivity (Wildman–Crippen MR) is 139 cm³/mol. The number of hydrogen-bond acceptors (Lipinski definition) is 5. The van der Waals surface area contributed by atoms with E-state index in [1.54, 1.807) is 18.3 Å². The minimum Gasteiger partial charge on any atom is -0.337 e. The second kappa shape index (κ2) is 10.8. The van der Waals surface area contributed by atoms with Gasteiger partial charge in [-0.15, -0.1) is 0 Å². The zero-order valence-electron chi connectivity index (χ0n) is 21.0. The highest BCUT2D eigenvalue weighted by molar-refractivity contribution is 6.04. The van der Waals surface area contributed by atoms with Gasteiger partial charge in [0.25, 0.3) is 5.91 Å². The molecule has 184 valence electrons. The van der Waals surface area contributed by atoms with E-state index in [0.29, 0.717) is 18.1 Å². The number of likely N-dealkylation sites (N-methyl/N-ethyl adjacent to an activating group) is 1. The number of carbonyl (C=O) groups is 2. The molecule has 4 rings (SSSR count). The number of hydrogen-bond donors (Lipinski definition) is 1. The van der Waals surface area contributed by atoms with Gasteiger partial charge in [-0.25, -0.2) is 4.98 Å². The number of amides is 2. The topological polar surface area (TPSA) is 83.4 Å². The van der Waals surface area contributed by atoms with E-state index in [0.717, 1.165) is 54.6 Å². The van der Waals surface area contributed by atoms with Crippen molar-refractivity contribution in [3.05, 3.63) is 65.5 Å². The van der Waals surface area contributed by atoms with Crippen molar-refractivity contribution >= 4 is 28.8 Å². The van der Waals surface area contributed by atoms with Crippen LogP contribution in [-0.2, 0) is 4.79 Å². The number of pyridine rings is 1. The van der Waals surface area contributed by atoms with Gasteiger partial charge in [0, 0.05) is 37.6 Å². The number of benzene rings is 1. The standard InChI is InChI=1S/C27H34N6O2/c1-19-9-7-11-23-25(19)33(27(29-23)30-26(35)21-14-13-20(2)28-17-21)22-10-5-6-16-32(18-22)24(34)12-8-15-31(3)4/h7-9,11-14,17,22H,5-6,10,15-16,18H2,1-4H3,(H,29,30,35)/b12-8+. The SMILES string of the molecule is Cc1ccc(C(=O)Nc2nc3cccc(C)c3n2C2CCCCN(C(=O)/C=C/CN(C)C)C2)cn1. The maximum atomic E-state index is 13.1. The van der Waals surface area contributed by atoms with Gasteiger partial charge >= 0.3 is 0 Å². The van der Waals surface area contributed by atoms with E-state index in [4.69, 9.17) is 4.98 Å². The van der Waals surface area contributed by atoms with Gasteiger partial charge in [0.2, 0.25) is 11.9 Å². The van der Waals surface area contributed by atoms with Gasteiger partial charge in [0.1, 0.15) is 0 Å². The number of para-hydroxylation sites is 1. The van der Waals surface area contributed by atoms with E-state index in [1.165, 1.54) is 0 Å². The summed E-state index contributed by atoms with van der Waals surface area (Å²) in [5, 5.41) is 3.02. The molecule has 1 aliphatic heterocycles. The van der Waals surface area contributed by atoms with Crippen LogP contribution in [0, 0.1) is 13.8 Å². The van der Waals surface area contributed by atoms with Gasteiger partial charge in [0.15, 0.2) is 0 Å². The first kappa shape index (κ1) is 24.6. The highest BCUT2D eigenvalue weighted by Gasteiger charge is 2.27. The lowest BCUT2D eigenvalue weighted by Gasteiger charge is -2.26. The van der Waals surface area contributed by atoms with E-state index in [2.05, 4.69) is 27.9 Å². The van der Waals surface area contributed by atoms with Crippen molar-refractivity contribution in [2.24, 2.45) is 0 Å². The average Bonchev–Trinajstić information content (AvgIpc) is 3.01. The predicted octanol–water partition coefficient (Wildman–Crippen LogP) is 3.97. The zero-order valence-corrected chi connectivity index (χ0v) is 21.0. The van der Waals surface area contributed by atoms with Crippen molar-refractivity contribution in [3.8, 4) is 0 Å². The molecule has 35 heavy (non-hydrogen) atoms. The minimum absolute atomic E-state index is 0.00115. The van der Waals surface area contributed by atoms with Crippen LogP contribution in [0.25, 0.3) is 11.0 Å². The van der Waals surface area contributed by atoms with Crippen molar-refractivity contribution in [1.82, 2.24) is 24.3 Å². The summed E-state index contributed by atoms with van der Waals surface area (Å²) in [6, 6.07) is 9.58. The van der Waals surface area contributed by atoms with Crippen molar-refractivity contribution in [2.75, 3.05) is 39.0 Å². The van der Waals surface area contributed by atoms with Crippen LogP contribution >= 0.6 is 0 Å². The summed E-state index contributed by atoms with van der Waals surface area (Å²) in [7, 11) is 3.96. The summed E-state index contributed by atoms with van der Waals surface area (Å²) >= 11 is 0. The lowest BCUT2D eigenvalue weighted by Crippen LogP contribution is -2.35. The first-order valence-electron chi connectivity index (χ1n) is 12.1.